The average molecular weight is 236 g/mol. The van der Waals surface area contributed by atoms with E-state index in [9.17, 15) is 9.00 Å². The summed E-state index contributed by atoms with van der Waals surface area (Å²) in [7, 11) is -1.32. The van der Waals surface area contributed by atoms with Crippen molar-refractivity contribution in [1.82, 2.24) is 0 Å². The smallest absolute Gasteiger partial charge is 0.319 e. The molecule has 0 aromatic heterocycles. The zero-order valence-electron chi connectivity index (χ0n) is 9.40. The van der Waals surface area contributed by atoms with Gasteiger partial charge in [0, 0.05) is 23.2 Å². The summed E-state index contributed by atoms with van der Waals surface area (Å²) >= 11 is 0. The van der Waals surface area contributed by atoms with Crippen molar-refractivity contribution < 1.29 is 18.8 Å². The Balaban J connectivity index is 3.67. The third-order valence-electron chi connectivity index (χ3n) is 2.03. The molecule has 90 valence electrons. The summed E-state index contributed by atoms with van der Waals surface area (Å²) in [5.74, 6) is -0.668. The molecule has 15 heavy (non-hydrogen) atoms. The van der Waals surface area contributed by atoms with Crippen LogP contribution in [0.15, 0.2) is 0 Å². The van der Waals surface area contributed by atoms with Crippen LogP contribution in [0.3, 0.4) is 0 Å². The first kappa shape index (κ1) is 14.6. The topological polar surface area (TPSA) is 63.6 Å². The predicted molar refractivity (Wildman–Crippen MR) is 60.5 cm³/mol. The van der Waals surface area contributed by atoms with Gasteiger partial charge in [0.2, 0.25) is 0 Å². The molecule has 0 aromatic carbocycles. The molecule has 0 radical (unpaired) electrons. The minimum atomic E-state index is -1.32. The van der Waals surface area contributed by atoms with Crippen molar-refractivity contribution >= 4 is 16.8 Å². The van der Waals surface area contributed by atoms with E-state index in [0.29, 0.717) is 25.4 Å². The number of carboxylic acids is 1. The summed E-state index contributed by atoms with van der Waals surface area (Å²) in [6.45, 7) is 4.85. The van der Waals surface area contributed by atoms with Crippen LogP contribution in [0.1, 0.15) is 33.1 Å². The average Bonchev–Trinajstić information content (AvgIpc) is 2.18. The van der Waals surface area contributed by atoms with Crippen molar-refractivity contribution in [3.05, 3.63) is 0 Å². The minimum Gasteiger partial charge on any atom is -0.480 e. The number of unbranched alkanes of at least 4 members (excludes halogenated alkanes) is 1. The molecule has 2 unspecified atom stereocenters. The van der Waals surface area contributed by atoms with Crippen LogP contribution in [-0.2, 0) is 20.3 Å². The van der Waals surface area contributed by atoms with Gasteiger partial charge < -0.3 is 9.84 Å². The molecule has 0 fully saturated rings. The van der Waals surface area contributed by atoms with Gasteiger partial charge in [0.1, 0.15) is 5.25 Å². The summed E-state index contributed by atoms with van der Waals surface area (Å²) in [6.07, 6.45) is 2.45. The van der Waals surface area contributed by atoms with E-state index in [1.54, 1.807) is 6.92 Å². The van der Waals surface area contributed by atoms with E-state index in [-0.39, 0.29) is 0 Å². The van der Waals surface area contributed by atoms with Crippen molar-refractivity contribution in [2.75, 3.05) is 19.0 Å². The molecular weight excluding hydrogens is 216 g/mol. The lowest BCUT2D eigenvalue weighted by Gasteiger charge is -2.09. The van der Waals surface area contributed by atoms with E-state index >= 15 is 0 Å². The second-order valence-electron chi connectivity index (χ2n) is 3.29. The highest BCUT2D eigenvalue weighted by molar-refractivity contribution is 7.86. The normalized spacial score (nSPS) is 14.8. The second-order valence-corrected chi connectivity index (χ2v) is 5.02. The lowest BCUT2D eigenvalue weighted by atomic mass is 10.3. The number of hydrogen-bond acceptors (Lipinski definition) is 3. The van der Waals surface area contributed by atoms with Crippen LogP contribution < -0.4 is 0 Å². The van der Waals surface area contributed by atoms with E-state index in [4.69, 9.17) is 9.84 Å². The Labute approximate surface area is 93.5 Å². The number of hydrogen-bond donors (Lipinski definition) is 1. The molecule has 0 heterocycles. The Hall–Kier alpha value is -0.420. The largest absolute Gasteiger partial charge is 0.480 e. The molecule has 0 rings (SSSR count). The summed E-state index contributed by atoms with van der Waals surface area (Å²) < 4.78 is 16.7. The van der Waals surface area contributed by atoms with Crippen molar-refractivity contribution in [3.63, 3.8) is 0 Å². The minimum absolute atomic E-state index is 0.314. The molecular formula is C10H20O4S. The Morgan fingerprint density at radius 1 is 1.40 bits per heavy atom. The molecule has 0 spiro atoms. The molecule has 0 saturated carbocycles. The van der Waals surface area contributed by atoms with Gasteiger partial charge in [-0.1, -0.05) is 20.3 Å². The molecule has 2 atom stereocenters. The monoisotopic (exact) mass is 236 g/mol. The van der Waals surface area contributed by atoms with Gasteiger partial charge in [-0.2, -0.15) is 0 Å². The Kier molecular flexibility index (Phi) is 8.61. The van der Waals surface area contributed by atoms with Gasteiger partial charge in [0.25, 0.3) is 0 Å². The maximum atomic E-state index is 11.5. The van der Waals surface area contributed by atoms with Crippen LogP contribution in [-0.4, -0.2) is 39.5 Å². The predicted octanol–water partition coefficient (Wildman–Crippen LogP) is 1.41. The molecule has 0 aliphatic carbocycles. The van der Waals surface area contributed by atoms with Gasteiger partial charge in [-0.25, -0.2) is 0 Å². The molecule has 4 nitrogen and oxygen atoms in total. The number of ether oxygens (including phenoxy) is 1. The molecule has 1 N–H and O–H groups in total. The number of carbonyl (C=O) groups is 1. The summed E-state index contributed by atoms with van der Waals surface area (Å²) in [4.78, 5) is 10.7. The van der Waals surface area contributed by atoms with E-state index < -0.39 is 22.0 Å². The van der Waals surface area contributed by atoms with Crippen molar-refractivity contribution in [2.45, 2.75) is 38.4 Å². The highest BCUT2D eigenvalue weighted by Gasteiger charge is 2.21. The summed E-state index contributed by atoms with van der Waals surface area (Å²) in [5.41, 5.74) is 0. The quantitative estimate of drug-likeness (QED) is 0.615. The first-order valence-electron chi connectivity index (χ1n) is 5.31. The molecule has 0 aromatic rings. The molecule has 0 aliphatic heterocycles. The lowest BCUT2D eigenvalue weighted by molar-refractivity contribution is -0.136. The third kappa shape index (κ3) is 6.62. The zero-order valence-corrected chi connectivity index (χ0v) is 10.2. The van der Waals surface area contributed by atoms with E-state index in [0.717, 1.165) is 12.8 Å². The van der Waals surface area contributed by atoms with Gasteiger partial charge in [0.05, 0.1) is 6.61 Å². The molecule has 0 aliphatic rings. The van der Waals surface area contributed by atoms with Crippen LogP contribution in [0.2, 0.25) is 0 Å². The van der Waals surface area contributed by atoms with Gasteiger partial charge in [-0.3, -0.25) is 9.00 Å². The van der Waals surface area contributed by atoms with Crippen LogP contribution in [0.4, 0.5) is 0 Å². The highest BCUT2D eigenvalue weighted by Crippen LogP contribution is 2.02. The fourth-order valence-corrected chi connectivity index (χ4v) is 2.27. The van der Waals surface area contributed by atoms with E-state index in [1.807, 2.05) is 0 Å². The maximum Gasteiger partial charge on any atom is 0.319 e. The Morgan fingerprint density at radius 2 is 2.07 bits per heavy atom. The number of carboxylic acid groups (broad SMARTS) is 1. The van der Waals surface area contributed by atoms with Gasteiger partial charge >= 0.3 is 5.97 Å². The van der Waals surface area contributed by atoms with Crippen molar-refractivity contribution in [3.8, 4) is 0 Å². The third-order valence-corrected chi connectivity index (χ3v) is 3.77. The SMILES string of the molecule is CCCCOCCS(=O)C(CC)C(=O)O. The van der Waals surface area contributed by atoms with E-state index in [1.165, 1.54) is 0 Å². The zero-order chi connectivity index (χ0) is 11.7. The van der Waals surface area contributed by atoms with Gasteiger partial charge in [0.15, 0.2) is 0 Å². The molecule has 0 amide bonds. The molecule has 0 saturated heterocycles. The molecule has 5 heteroatoms. The standard InChI is InChI=1S/C10H20O4S/c1-3-5-6-14-7-8-15(13)9(4-2)10(11)12/h9H,3-8H2,1-2H3,(H,11,12). The number of rotatable bonds is 9. The first-order chi connectivity index (χ1) is 7.13. The second kappa shape index (κ2) is 8.85. The fourth-order valence-electron chi connectivity index (χ4n) is 1.10. The van der Waals surface area contributed by atoms with Crippen LogP contribution >= 0.6 is 0 Å². The van der Waals surface area contributed by atoms with Crippen LogP contribution in [0.25, 0.3) is 0 Å². The lowest BCUT2D eigenvalue weighted by Crippen LogP contribution is -2.27. The summed E-state index contributed by atoms with van der Waals surface area (Å²) in [6, 6.07) is 0. The fraction of sp³-hybridized carbons (Fsp3) is 0.900. The Bertz CT molecular complexity index is 206. The Morgan fingerprint density at radius 3 is 2.53 bits per heavy atom. The van der Waals surface area contributed by atoms with Gasteiger partial charge in [-0.05, 0) is 12.8 Å². The maximum absolute atomic E-state index is 11.5. The van der Waals surface area contributed by atoms with Crippen LogP contribution in [0, 0.1) is 0 Å². The van der Waals surface area contributed by atoms with Crippen molar-refractivity contribution in [1.29, 1.82) is 0 Å². The number of aliphatic carboxylic acids is 1. The highest BCUT2D eigenvalue weighted by atomic mass is 32.2. The van der Waals surface area contributed by atoms with Crippen LogP contribution in [0.5, 0.6) is 0 Å². The summed E-state index contributed by atoms with van der Waals surface area (Å²) in [5, 5.41) is 8.00. The van der Waals surface area contributed by atoms with Gasteiger partial charge in [-0.15, -0.1) is 0 Å². The first-order valence-corrected chi connectivity index (χ1v) is 6.69. The van der Waals surface area contributed by atoms with E-state index in [2.05, 4.69) is 6.92 Å². The van der Waals surface area contributed by atoms with Crippen molar-refractivity contribution in [2.24, 2.45) is 0 Å². The molecule has 0 bridgehead atoms.